The van der Waals surface area contributed by atoms with Crippen LogP contribution in [0.4, 0.5) is 15.9 Å². The molecule has 0 saturated carbocycles. The number of para-hydroxylation sites is 1. The van der Waals surface area contributed by atoms with Crippen LogP contribution in [0.5, 0.6) is 0 Å². The molecule has 0 atom stereocenters. The summed E-state index contributed by atoms with van der Waals surface area (Å²) in [5, 5.41) is 3.53. The van der Waals surface area contributed by atoms with Crippen molar-refractivity contribution in [2.45, 2.75) is 6.92 Å². The van der Waals surface area contributed by atoms with Gasteiger partial charge in [0.2, 0.25) is 5.95 Å². The molecule has 0 aliphatic carbocycles. The molecule has 1 aromatic carbocycles. The summed E-state index contributed by atoms with van der Waals surface area (Å²) in [6.07, 6.45) is 1.16. The van der Waals surface area contributed by atoms with Crippen LogP contribution in [-0.4, -0.2) is 9.97 Å². The van der Waals surface area contributed by atoms with E-state index in [4.69, 9.17) is 11.6 Å². The average molecular weight is 238 g/mol. The normalized spacial score (nSPS) is 10.2. The molecule has 0 bridgehead atoms. The number of hydrogen-bond donors (Lipinski definition) is 1. The Bertz CT molecular complexity index is 496. The zero-order valence-electron chi connectivity index (χ0n) is 8.54. The van der Waals surface area contributed by atoms with Crippen LogP contribution in [0, 0.1) is 12.9 Å². The van der Waals surface area contributed by atoms with Gasteiger partial charge in [0.1, 0.15) is 12.1 Å². The molecule has 0 aliphatic heterocycles. The number of nitrogens with one attached hydrogen (secondary N) is 1. The molecule has 0 unspecified atom stereocenters. The molecule has 16 heavy (non-hydrogen) atoms. The number of benzene rings is 1. The Kier molecular flexibility index (Phi) is 3.01. The lowest BCUT2D eigenvalue weighted by atomic mass is 10.2. The average Bonchev–Trinajstić information content (AvgIpc) is 2.24. The van der Waals surface area contributed by atoms with E-state index in [1.165, 1.54) is 6.07 Å². The first kappa shape index (κ1) is 10.8. The quantitative estimate of drug-likeness (QED) is 0.815. The molecule has 0 spiro atoms. The van der Waals surface area contributed by atoms with Crippen molar-refractivity contribution >= 4 is 23.1 Å². The highest BCUT2D eigenvalue weighted by molar-refractivity contribution is 6.33. The van der Waals surface area contributed by atoms with Crippen molar-refractivity contribution in [1.29, 1.82) is 0 Å². The highest BCUT2D eigenvalue weighted by Gasteiger charge is 2.05. The Hall–Kier alpha value is -1.68. The van der Waals surface area contributed by atoms with E-state index in [0.717, 1.165) is 17.6 Å². The van der Waals surface area contributed by atoms with Crippen molar-refractivity contribution in [3.05, 3.63) is 47.1 Å². The van der Waals surface area contributed by atoms with E-state index < -0.39 is 5.95 Å². The number of rotatable bonds is 2. The molecule has 1 aromatic heterocycles. The number of anilines is 2. The summed E-state index contributed by atoms with van der Waals surface area (Å²) in [7, 11) is 0. The van der Waals surface area contributed by atoms with Crippen molar-refractivity contribution in [3.63, 3.8) is 0 Å². The number of aromatic nitrogens is 2. The maximum Gasteiger partial charge on any atom is 0.218 e. The molecule has 0 radical (unpaired) electrons. The Balaban J connectivity index is 2.34. The number of hydrogen-bond acceptors (Lipinski definition) is 3. The van der Waals surface area contributed by atoms with Crippen molar-refractivity contribution < 1.29 is 4.39 Å². The van der Waals surface area contributed by atoms with Crippen molar-refractivity contribution in [3.8, 4) is 0 Å². The van der Waals surface area contributed by atoms with Crippen LogP contribution in [-0.2, 0) is 0 Å². The highest BCUT2D eigenvalue weighted by atomic mass is 35.5. The lowest BCUT2D eigenvalue weighted by molar-refractivity contribution is 0.580. The fourth-order valence-electron chi connectivity index (χ4n) is 1.32. The molecule has 2 aromatic rings. The number of halogens is 2. The summed E-state index contributed by atoms with van der Waals surface area (Å²) < 4.78 is 12.8. The Morgan fingerprint density at radius 1 is 1.31 bits per heavy atom. The molecular weight excluding hydrogens is 229 g/mol. The van der Waals surface area contributed by atoms with Gasteiger partial charge >= 0.3 is 0 Å². The summed E-state index contributed by atoms with van der Waals surface area (Å²) in [6, 6.07) is 6.73. The molecule has 0 saturated heterocycles. The SMILES string of the molecule is Cc1cccc(Cl)c1Nc1cc(F)ncn1. The van der Waals surface area contributed by atoms with Gasteiger partial charge in [-0.3, -0.25) is 0 Å². The van der Waals surface area contributed by atoms with E-state index in [1.807, 2.05) is 19.1 Å². The van der Waals surface area contributed by atoms with Gasteiger partial charge in [0.25, 0.3) is 0 Å². The van der Waals surface area contributed by atoms with E-state index in [2.05, 4.69) is 15.3 Å². The second-order valence-electron chi connectivity index (χ2n) is 3.28. The van der Waals surface area contributed by atoms with Gasteiger partial charge < -0.3 is 5.32 Å². The van der Waals surface area contributed by atoms with Gasteiger partial charge in [-0.1, -0.05) is 23.7 Å². The molecule has 2 rings (SSSR count). The lowest BCUT2D eigenvalue weighted by Gasteiger charge is -2.10. The van der Waals surface area contributed by atoms with Crippen molar-refractivity contribution in [1.82, 2.24) is 9.97 Å². The van der Waals surface area contributed by atoms with Gasteiger partial charge in [-0.25, -0.2) is 9.97 Å². The van der Waals surface area contributed by atoms with Crippen LogP contribution in [0.1, 0.15) is 5.56 Å². The minimum atomic E-state index is -0.581. The predicted octanol–water partition coefficient (Wildman–Crippen LogP) is 3.32. The Morgan fingerprint density at radius 3 is 2.81 bits per heavy atom. The fraction of sp³-hybridized carbons (Fsp3) is 0.0909. The maximum atomic E-state index is 12.8. The summed E-state index contributed by atoms with van der Waals surface area (Å²) in [4.78, 5) is 7.27. The molecule has 5 heteroatoms. The predicted molar refractivity (Wildman–Crippen MR) is 61.5 cm³/mol. The zero-order chi connectivity index (χ0) is 11.5. The third kappa shape index (κ3) is 2.28. The monoisotopic (exact) mass is 237 g/mol. The van der Waals surface area contributed by atoms with Crippen LogP contribution in [0.25, 0.3) is 0 Å². The maximum absolute atomic E-state index is 12.8. The fourth-order valence-corrected chi connectivity index (χ4v) is 1.59. The second-order valence-corrected chi connectivity index (χ2v) is 3.69. The van der Waals surface area contributed by atoms with Gasteiger partial charge in [-0.05, 0) is 18.6 Å². The zero-order valence-corrected chi connectivity index (χ0v) is 9.29. The van der Waals surface area contributed by atoms with E-state index in [-0.39, 0.29) is 0 Å². The molecule has 3 nitrogen and oxygen atoms in total. The molecular formula is C11H9ClFN3. The first-order valence-corrected chi connectivity index (χ1v) is 5.04. The standard InChI is InChI=1S/C11H9ClFN3/c1-7-3-2-4-8(12)11(7)16-10-5-9(13)14-6-15-10/h2-6H,1H3,(H,14,15,16). The van der Waals surface area contributed by atoms with Crippen LogP contribution in [0.15, 0.2) is 30.6 Å². The molecule has 1 N–H and O–H groups in total. The van der Waals surface area contributed by atoms with E-state index in [1.54, 1.807) is 6.07 Å². The van der Waals surface area contributed by atoms with Gasteiger partial charge in [0.05, 0.1) is 10.7 Å². The second kappa shape index (κ2) is 4.45. The van der Waals surface area contributed by atoms with E-state index >= 15 is 0 Å². The first-order chi connectivity index (χ1) is 7.66. The molecule has 0 aliphatic rings. The van der Waals surface area contributed by atoms with Crippen molar-refractivity contribution in [2.75, 3.05) is 5.32 Å². The summed E-state index contributed by atoms with van der Waals surface area (Å²) in [5.41, 5.74) is 1.69. The third-order valence-corrected chi connectivity index (χ3v) is 2.42. The molecule has 1 heterocycles. The number of aryl methyl sites for hydroxylation is 1. The minimum absolute atomic E-state index is 0.378. The third-order valence-electron chi connectivity index (χ3n) is 2.11. The largest absolute Gasteiger partial charge is 0.339 e. The number of nitrogens with zero attached hydrogens (tertiary/aromatic N) is 2. The van der Waals surface area contributed by atoms with E-state index in [0.29, 0.717) is 10.8 Å². The van der Waals surface area contributed by atoms with Crippen LogP contribution < -0.4 is 5.32 Å². The van der Waals surface area contributed by atoms with Crippen molar-refractivity contribution in [2.24, 2.45) is 0 Å². The van der Waals surface area contributed by atoms with Gasteiger partial charge in [-0.2, -0.15) is 4.39 Å². The van der Waals surface area contributed by atoms with E-state index in [9.17, 15) is 4.39 Å². The van der Waals surface area contributed by atoms with Crippen LogP contribution >= 0.6 is 11.6 Å². The van der Waals surface area contributed by atoms with Crippen LogP contribution in [0.2, 0.25) is 5.02 Å². The Morgan fingerprint density at radius 2 is 2.12 bits per heavy atom. The minimum Gasteiger partial charge on any atom is -0.339 e. The van der Waals surface area contributed by atoms with Gasteiger partial charge in [0, 0.05) is 6.07 Å². The summed E-state index contributed by atoms with van der Waals surface area (Å²) in [6.45, 7) is 1.91. The smallest absolute Gasteiger partial charge is 0.218 e. The van der Waals surface area contributed by atoms with Gasteiger partial charge in [-0.15, -0.1) is 0 Å². The molecule has 0 fully saturated rings. The Labute approximate surface area is 97.3 Å². The molecule has 0 amide bonds. The highest BCUT2D eigenvalue weighted by Crippen LogP contribution is 2.27. The van der Waals surface area contributed by atoms with Crippen LogP contribution in [0.3, 0.4) is 0 Å². The summed E-state index contributed by atoms with van der Waals surface area (Å²) in [5.74, 6) is -0.203. The topological polar surface area (TPSA) is 37.8 Å². The summed E-state index contributed by atoms with van der Waals surface area (Å²) >= 11 is 6.02. The first-order valence-electron chi connectivity index (χ1n) is 4.66. The lowest BCUT2D eigenvalue weighted by Crippen LogP contribution is -1.98. The van der Waals surface area contributed by atoms with Gasteiger partial charge in [0.15, 0.2) is 0 Å². The molecule has 82 valence electrons.